The molecule has 2 aromatic rings. The van der Waals surface area contributed by atoms with Gasteiger partial charge in [0, 0.05) is 22.8 Å². The van der Waals surface area contributed by atoms with Crippen LogP contribution in [0.3, 0.4) is 0 Å². The molecule has 1 aliphatic rings. The fourth-order valence-electron chi connectivity index (χ4n) is 4.01. The molecular weight excluding hydrogens is 471 g/mol. The van der Waals surface area contributed by atoms with Gasteiger partial charge in [-0.15, -0.1) is 0 Å². The Hall–Kier alpha value is -1.82. The first kappa shape index (κ1) is 25.4. The summed E-state index contributed by atoms with van der Waals surface area (Å²) in [5.41, 5.74) is 21.1. The van der Waals surface area contributed by atoms with Crippen molar-refractivity contribution in [1.29, 1.82) is 0 Å². The van der Waals surface area contributed by atoms with Gasteiger partial charge in [0.25, 0.3) is 0 Å². The Labute approximate surface area is 198 Å². The zero-order valence-electron chi connectivity index (χ0n) is 20.3. The van der Waals surface area contributed by atoms with Crippen LogP contribution in [0.1, 0.15) is 73.4 Å². The molecule has 0 fully saturated rings. The summed E-state index contributed by atoms with van der Waals surface area (Å²) in [6.07, 6.45) is 5.40. The van der Waals surface area contributed by atoms with Gasteiger partial charge in [-0.3, -0.25) is 0 Å². The molecule has 3 rings (SSSR count). The standard InChI is InChI=1S/C24H28N2.2C2H5.Pd/c1-6-7-8-20-15-23(21-11-16(2)9-17(3)12-21)26(25)24(20)22-13-18(4)10-19(5)14-22;2*1-2;/h9-15H,6-8H2,1-5H3;2*1H2,2H3;. The number of hydrogen-bond acceptors (Lipinski definition) is 0. The van der Waals surface area contributed by atoms with E-state index in [1.54, 1.807) is 0 Å². The number of rotatable bonds is 7. The average molecular weight is 509 g/mol. The molecule has 0 unspecified atom stereocenters. The van der Waals surface area contributed by atoms with E-state index < -0.39 is 0 Å². The summed E-state index contributed by atoms with van der Waals surface area (Å²) in [4.78, 5) is 2.79. The van der Waals surface area contributed by atoms with Gasteiger partial charge in [-0.1, -0.05) is 47.7 Å². The molecular formula is C28H38N2Pd. The summed E-state index contributed by atoms with van der Waals surface area (Å²) < 4.78 is 1.40. The van der Waals surface area contributed by atoms with Crippen molar-refractivity contribution in [3.05, 3.63) is 87.0 Å². The van der Waals surface area contributed by atoms with E-state index in [2.05, 4.69) is 90.9 Å². The van der Waals surface area contributed by atoms with Crippen LogP contribution in [0.4, 0.5) is 0 Å². The number of unbranched alkanes of at least 4 members (excludes halogenated alkanes) is 1. The van der Waals surface area contributed by atoms with Crippen LogP contribution in [0.5, 0.6) is 0 Å². The van der Waals surface area contributed by atoms with Crippen LogP contribution >= 0.6 is 0 Å². The van der Waals surface area contributed by atoms with E-state index in [1.807, 2.05) is 0 Å². The van der Waals surface area contributed by atoms with E-state index >= 15 is 0 Å². The molecule has 0 radical (unpaired) electrons. The maximum atomic E-state index is 11.1. The van der Waals surface area contributed by atoms with Crippen LogP contribution in [0.2, 0.25) is 9.79 Å². The first-order valence-corrected chi connectivity index (χ1v) is 13.6. The Morgan fingerprint density at radius 1 is 0.742 bits per heavy atom. The Balaban J connectivity index is 0.000000614. The fourth-order valence-corrected chi connectivity index (χ4v) is 4.79. The van der Waals surface area contributed by atoms with E-state index in [9.17, 15) is 5.53 Å². The molecule has 31 heavy (non-hydrogen) atoms. The quantitative estimate of drug-likeness (QED) is 0.263. The third-order valence-electron chi connectivity index (χ3n) is 5.18. The van der Waals surface area contributed by atoms with Crippen molar-refractivity contribution in [3.8, 4) is 0 Å². The van der Waals surface area contributed by atoms with Gasteiger partial charge >= 0.3 is 41.6 Å². The van der Waals surface area contributed by atoms with E-state index in [4.69, 9.17) is 0 Å². The Morgan fingerprint density at radius 2 is 1.23 bits per heavy atom. The average Bonchev–Trinajstić information content (AvgIpc) is 3.02. The second-order valence-corrected chi connectivity index (χ2v) is 11.2. The molecule has 0 N–H and O–H groups in total. The summed E-state index contributed by atoms with van der Waals surface area (Å²) in [6.45, 7) is 15.1. The van der Waals surface area contributed by atoms with Gasteiger partial charge in [0.15, 0.2) is 0 Å². The number of hydrogen-bond donors (Lipinski definition) is 0. The predicted octanol–water partition coefficient (Wildman–Crippen LogP) is 8.86. The summed E-state index contributed by atoms with van der Waals surface area (Å²) in [5.74, 6) is 0. The van der Waals surface area contributed by atoms with Crippen molar-refractivity contribution in [2.45, 2.75) is 77.5 Å². The van der Waals surface area contributed by atoms with Crippen LogP contribution in [0.15, 0.2) is 48.0 Å². The van der Waals surface area contributed by atoms with Crippen molar-refractivity contribution in [2.24, 2.45) is 0 Å². The third-order valence-corrected chi connectivity index (χ3v) is 6.74. The predicted molar refractivity (Wildman–Crippen MR) is 131 cm³/mol. The molecule has 2 nitrogen and oxygen atoms in total. The number of nitrogens with zero attached hydrogens (tertiary/aromatic N) is 2. The van der Waals surface area contributed by atoms with Gasteiger partial charge in [-0.05, 0) is 64.8 Å². The molecule has 0 aromatic heterocycles. The van der Waals surface area contributed by atoms with Crippen molar-refractivity contribution in [1.82, 2.24) is 0 Å². The third kappa shape index (κ3) is 7.09. The van der Waals surface area contributed by atoms with Crippen molar-refractivity contribution >= 4 is 11.4 Å². The van der Waals surface area contributed by atoms with Gasteiger partial charge in [0.05, 0.1) is 0 Å². The Kier molecular flexibility index (Phi) is 10.1. The van der Waals surface area contributed by atoms with Gasteiger partial charge in [-0.25, -0.2) is 4.70 Å². The molecule has 0 aliphatic carbocycles. The SMILES string of the molecule is CCCCC1=C(c2cc(C)cc(C)c2)[N+](=[N-])C(c2cc(C)cc(C)c2)=C1.C[CH2][Pd][CH2]C. The molecule has 2 aromatic carbocycles. The zero-order chi connectivity index (χ0) is 23.0. The minimum atomic E-state index is 0.872. The molecule has 3 heteroatoms. The minimum absolute atomic E-state index is 0.872. The monoisotopic (exact) mass is 508 g/mol. The Bertz CT molecular complexity index is 940. The first-order valence-electron chi connectivity index (χ1n) is 11.4. The van der Waals surface area contributed by atoms with Gasteiger partial charge in [0.2, 0.25) is 11.4 Å². The molecule has 0 bridgehead atoms. The molecule has 1 aliphatic heterocycles. The summed E-state index contributed by atoms with van der Waals surface area (Å²) in [7, 11) is 0. The van der Waals surface area contributed by atoms with Crippen LogP contribution < -0.4 is 0 Å². The molecule has 0 spiro atoms. The fraction of sp³-hybridized carbons (Fsp3) is 0.429. The molecule has 0 saturated carbocycles. The van der Waals surface area contributed by atoms with Crippen LogP contribution in [-0.4, -0.2) is 4.70 Å². The van der Waals surface area contributed by atoms with Crippen LogP contribution in [0, 0.1) is 27.7 Å². The molecule has 170 valence electrons. The molecule has 1 heterocycles. The number of allylic oxidation sites excluding steroid dienone is 2. The van der Waals surface area contributed by atoms with Crippen LogP contribution in [0.25, 0.3) is 16.9 Å². The van der Waals surface area contributed by atoms with Gasteiger partial charge in [0.1, 0.15) is 0 Å². The van der Waals surface area contributed by atoms with E-state index in [0.29, 0.717) is 0 Å². The van der Waals surface area contributed by atoms with E-state index in [0.717, 1.165) is 59.8 Å². The molecule has 0 saturated heterocycles. The van der Waals surface area contributed by atoms with Crippen molar-refractivity contribution in [2.75, 3.05) is 0 Å². The molecule has 0 atom stereocenters. The zero-order valence-corrected chi connectivity index (χ0v) is 21.8. The maximum absolute atomic E-state index is 11.1. The Morgan fingerprint density at radius 3 is 1.65 bits per heavy atom. The van der Waals surface area contributed by atoms with Crippen molar-refractivity contribution < 1.29 is 22.7 Å². The van der Waals surface area contributed by atoms with E-state index in [1.165, 1.54) is 42.3 Å². The van der Waals surface area contributed by atoms with E-state index in [-0.39, 0.29) is 0 Å². The summed E-state index contributed by atoms with van der Waals surface area (Å²) in [5, 5.41) is 0. The number of aryl methyl sites for hydroxylation is 4. The topological polar surface area (TPSA) is 25.3 Å². The molecule has 0 amide bonds. The first-order chi connectivity index (χ1) is 14.8. The number of benzene rings is 2. The normalized spacial score (nSPS) is 13.4. The summed E-state index contributed by atoms with van der Waals surface area (Å²) in [6, 6.07) is 12.9. The second-order valence-electron chi connectivity index (χ2n) is 8.18. The van der Waals surface area contributed by atoms with Gasteiger partial charge < -0.3 is 5.53 Å². The summed E-state index contributed by atoms with van der Waals surface area (Å²) >= 11 is 1.04. The van der Waals surface area contributed by atoms with Crippen LogP contribution in [-0.2, 0) is 18.0 Å². The van der Waals surface area contributed by atoms with Gasteiger partial charge in [-0.2, -0.15) is 0 Å². The second kappa shape index (κ2) is 12.3. The van der Waals surface area contributed by atoms with Crippen molar-refractivity contribution in [3.63, 3.8) is 0 Å².